The van der Waals surface area contributed by atoms with Crippen LogP contribution >= 0.6 is 11.8 Å². The fourth-order valence-corrected chi connectivity index (χ4v) is 5.09. The summed E-state index contributed by atoms with van der Waals surface area (Å²) in [7, 11) is 0. The molecule has 0 N–H and O–H groups in total. The zero-order chi connectivity index (χ0) is 20.5. The van der Waals surface area contributed by atoms with Gasteiger partial charge in [-0.25, -0.2) is 0 Å². The number of fused-ring (bicyclic) bond motifs is 1. The maximum atomic E-state index is 13.0. The molecule has 0 spiro atoms. The molecule has 0 unspecified atom stereocenters. The molecule has 2 aromatic rings. The molecule has 1 fully saturated rings. The van der Waals surface area contributed by atoms with E-state index in [9.17, 15) is 10.1 Å². The summed E-state index contributed by atoms with van der Waals surface area (Å²) in [4.78, 5) is 17.0. The van der Waals surface area contributed by atoms with E-state index in [1.165, 1.54) is 16.7 Å². The molecular weight excluding hydrogens is 378 g/mol. The van der Waals surface area contributed by atoms with Crippen molar-refractivity contribution in [2.45, 2.75) is 39.5 Å². The third-order valence-corrected chi connectivity index (χ3v) is 7.09. The Morgan fingerprint density at radius 1 is 1.14 bits per heavy atom. The van der Waals surface area contributed by atoms with Gasteiger partial charge in [-0.1, -0.05) is 49.0 Å². The molecule has 0 aromatic heterocycles. The quantitative estimate of drug-likeness (QED) is 0.717. The van der Waals surface area contributed by atoms with Crippen molar-refractivity contribution in [1.29, 1.82) is 5.26 Å². The summed E-state index contributed by atoms with van der Waals surface area (Å²) in [6.07, 6.45) is 1.33. The van der Waals surface area contributed by atoms with E-state index in [0.717, 1.165) is 34.2 Å². The number of thioether (sulfide) groups is 1. The predicted molar refractivity (Wildman–Crippen MR) is 118 cm³/mol. The monoisotopic (exact) mass is 403 g/mol. The van der Waals surface area contributed by atoms with E-state index in [4.69, 9.17) is 0 Å². The summed E-state index contributed by atoms with van der Waals surface area (Å²) < 4.78 is 0. The van der Waals surface area contributed by atoms with Crippen molar-refractivity contribution >= 4 is 23.4 Å². The number of hydrogen-bond donors (Lipinski definition) is 0. The SMILES string of the molecule is CCc1ccc([C@H]2CC(=O)N3CN(c4ccc(C)c(C)c4)CSC3=C2C#N)cc1. The normalized spacial score (nSPS) is 19.2. The summed E-state index contributed by atoms with van der Waals surface area (Å²) in [6, 6.07) is 17.1. The molecule has 0 radical (unpaired) electrons. The second-order valence-corrected chi connectivity index (χ2v) is 8.66. The van der Waals surface area contributed by atoms with Crippen molar-refractivity contribution in [2.24, 2.45) is 0 Å². The van der Waals surface area contributed by atoms with Crippen LogP contribution in [-0.2, 0) is 11.2 Å². The maximum absolute atomic E-state index is 13.0. The smallest absolute Gasteiger partial charge is 0.229 e. The van der Waals surface area contributed by atoms with Gasteiger partial charge in [0.15, 0.2) is 0 Å². The van der Waals surface area contributed by atoms with Crippen molar-refractivity contribution in [2.75, 3.05) is 17.4 Å². The van der Waals surface area contributed by atoms with E-state index < -0.39 is 0 Å². The zero-order valence-electron chi connectivity index (χ0n) is 17.1. The number of nitrogens with zero attached hydrogens (tertiary/aromatic N) is 3. The van der Waals surface area contributed by atoms with Crippen LogP contribution in [0.2, 0.25) is 0 Å². The zero-order valence-corrected chi connectivity index (χ0v) is 17.9. The number of aryl methyl sites for hydroxylation is 3. The van der Waals surface area contributed by atoms with Crippen molar-refractivity contribution in [3.8, 4) is 6.07 Å². The van der Waals surface area contributed by atoms with Crippen LogP contribution in [0.15, 0.2) is 53.1 Å². The van der Waals surface area contributed by atoms with Crippen LogP contribution in [0.3, 0.4) is 0 Å². The van der Waals surface area contributed by atoms with Gasteiger partial charge >= 0.3 is 0 Å². The molecular formula is C24H25N3OS. The van der Waals surface area contributed by atoms with Crippen LogP contribution in [0.5, 0.6) is 0 Å². The molecule has 2 aliphatic rings. The molecule has 0 aliphatic carbocycles. The molecule has 1 amide bonds. The Balaban J connectivity index is 1.64. The summed E-state index contributed by atoms with van der Waals surface area (Å²) in [5.41, 5.74) is 6.65. The van der Waals surface area contributed by atoms with E-state index in [2.05, 4.69) is 74.2 Å². The summed E-state index contributed by atoms with van der Waals surface area (Å²) in [5.74, 6) is 0.670. The van der Waals surface area contributed by atoms with Gasteiger partial charge in [0.2, 0.25) is 5.91 Å². The van der Waals surface area contributed by atoms with Gasteiger partial charge in [-0.3, -0.25) is 9.69 Å². The molecule has 0 saturated carbocycles. The third-order valence-electron chi connectivity index (χ3n) is 5.94. The number of hydrogen-bond acceptors (Lipinski definition) is 4. The first kappa shape index (κ1) is 19.6. The Morgan fingerprint density at radius 3 is 2.55 bits per heavy atom. The molecule has 2 heterocycles. The largest absolute Gasteiger partial charge is 0.344 e. The van der Waals surface area contributed by atoms with Gasteiger partial charge in [-0.2, -0.15) is 5.26 Å². The van der Waals surface area contributed by atoms with Gasteiger partial charge in [0.25, 0.3) is 0 Å². The topological polar surface area (TPSA) is 47.3 Å². The minimum absolute atomic E-state index is 0.0876. The fraction of sp³-hybridized carbons (Fsp3) is 0.333. The molecule has 148 valence electrons. The fourth-order valence-electron chi connectivity index (χ4n) is 3.92. The van der Waals surface area contributed by atoms with E-state index >= 15 is 0 Å². The minimum atomic E-state index is -0.148. The standard InChI is InChI=1S/C24H25N3OS/c1-4-18-6-8-19(9-7-18)21-12-23(28)27-14-26(15-29-24(27)22(21)13-25)20-10-5-16(2)17(3)11-20/h5-11,21H,4,12,14-15H2,1-3H3/t21-/m1/s1. The van der Waals surface area contributed by atoms with Crippen LogP contribution in [-0.4, -0.2) is 23.4 Å². The average molecular weight is 404 g/mol. The van der Waals surface area contributed by atoms with Crippen molar-refractivity contribution in [1.82, 2.24) is 4.90 Å². The van der Waals surface area contributed by atoms with E-state index in [1.807, 2.05) is 0 Å². The molecule has 4 nitrogen and oxygen atoms in total. The van der Waals surface area contributed by atoms with Crippen molar-refractivity contribution in [3.05, 3.63) is 75.3 Å². The van der Waals surface area contributed by atoms with Crippen LogP contribution in [0.4, 0.5) is 5.69 Å². The Morgan fingerprint density at radius 2 is 1.90 bits per heavy atom. The van der Waals surface area contributed by atoms with E-state index in [-0.39, 0.29) is 11.8 Å². The highest BCUT2D eigenvalue weighted by Gasteiger charge is 2.38. The molecule has 5 heteroatoms. The average Bonchev–Trinajstić information content (AvgIpc) is 2.75. The van der Waals surface area contributed by atoms with Crippen LogP contribution in [0.25, 0.3) is 0 Å². The Hall–Kier alpha value is -2.71. The van der Waals surface area contributed by atoms with Crippen molar-refractivity contribution < 1.29 is 4.79 Å². The lowest BCUT2D eigenvalue weighted by Crippen LogP contribution is -2.47. The second kappa shape index (κ2) is 7.96. The van der Waals surface area contributed by atoms with E-state index in [1.54, 1.807) is 16.7 Å². The number of carbonyl (C=O) groups excluding carboxylic acids is 1. The summed E-state index contributed by atoms with van der Waals surface area (Å²) in [5, 5.41) is 10.8. The maximum Gasteiger partial charge on any atom is 0.229 e. The highest BCUT2D eigenvalue weighted by Crippen LogP contribution is 2.43. The number of anilines is 1. The first-order valence-electron chi connectivity index (χ1n) is 10.00. The second-order valence-electron chi connectivity index (χ2n) is 7.73. The highest BCUT2D eigenvalue weighted by molar-refractivity contribution is 8.03. The first-order chi connectivity index (χ1) is 14.0. The highest BCUT2D eigenvalue weighted by atomic mass is 32.2. The van der Waals surface area contributed by atoms with Gasteiger partial charge in [-0.15, -0.1) is 0 Å². The summed E-state index contributed by atoms with van der Waals surface area (Å²) in [6.45, 7) is 6.83. The van der Waals surface area contributed by atoms with Crippen LogP contribution in [0.1, 0.15) is 41.5 Å². The van der Waals surface area contributed by atoms with Gasteiger partial charge in [0.1, 0.15) is 0 Å². The number of nitriles is 1. The molecule has 0 bridgehead atoms. The lowest BCUT2D eigenvalue weighted by molar-refractivity contribution is -0.129. The number of carbonyl (C=O) groups is 1. The predicted octanol–water partition coefficient (Wildman–Crippen LogP) is 5.09. The first-order valence-corrected chi connectivity index (χ1v) is 11.0. The molecule has 4 rings (SSSR count). The van der Waals surface area contributed by atoms with Crippen molar-refractivity contribution in [3.63, 3.8) is 0 Å². The number of rotatable bonds is 3. The van der Waals surface area contributed by atoms with Crippen LogP contribution in [0, 0.1) is 25.2 Å². The minimum Gasteiger partial charge on any atom is -0.344 e. The molecule has 1 saturated heterocycles. The lowest BCUT2D eigenvalue weighted by Gasteiger charge is -2.42. The van der Waals surface area contributed by atoms with Gasteiger partial charge in [-0.05, 0) is 54.7 Å². The third kappa shape index (κ3) is 3.65. The van der Waals surface area contributed by atoms with Gasteiger partial charge in [0.05, 0.1) is 29.2 Å². The lowest BCUT2D eigenvalue weighted by atomic mass is 9.86. The van der Waals surface area contributed by atoms with Gasteiger partial charge < -0.3 is 4.90 Å². The molecule has 1 atom stereocenters. The van der Waals surface area contributed by atoms with E-state index in [0.29, 0.717) is 13.1 Å². The molecule has 29 heavy (non-hydrogen) atoms. The number of allylic oxidation sites excluding steroid dienone is 1. The Kier molecular flexibility index (Phi) is 5.38. The van der Waals surface area contributed by atoms with Gasteiger partial charge in [0, 0.05) is 18.0 Å². The Bertz CT molecular complexity index is 1020. The number of benzene rings is 2. The molecule has 2 aromatic carbocycles. The summed E-state index contributed by atoms with van der Waals surface area (Å²) >= 11 is 1.59. The van der Waals surface area contributed by atoms with Crippen LogP contribution < -0.4 is 4.90 Å². The Labute approximate surface area is 176 Å². The molecule has 2 aliphatic heterocycles. The number of amides is 1.